The molecule has 0 radical (unpaired) electrons. The van der Waals surface area contributed by atoms with Crippen molar-refractivity contribution in [2.24, 2.45) is 0 Å². The summed E-state index contributed by atoms with van der Waals surface area (Å²) >= 11 is 0. The van der Waals surface area contributed by atoms with Gasteiger partial charge in [-0.15, -0.1) is 0 Å². The normalized spacial score (nSPS) is 13.0. The van der Waals surface area contributed by atoms with E-state index in [1.165, 1.54) is 18.2 Å². The molecule has 4 rings (SSSR count). The van der Waals surface area contributed by atoms with E-state index in [9.17, 15) is 24.8 Å². The minimum Gasteiger partial charge on any atom is -0.480 e. The first-order valence-corrected chi connectivity index (χ1v) is 10.0. The summed E-state index contributed by atoms with van der Waals surface area (Å²) < 4.78 is 5.40. The zero-order chi connectivity index (χ0) is 22.7. The number of carboxylic acids is 1. The van der Waals surface area contributed by atoms with Gasteiger partial charge in [-0.1, -0.05) is 60.7 Å². The molecule has 0 fully saturated rings. The number of fused-ring (bicyclic) bond motifs is 3. The lowest BCUT2D eigenvalue weighted by Gasteiger charge is -2.17. The van der Waals surface area contributed by atoms with Crippen molar-refractivity contribution in [3.63, 3.8) is 0 Å². The van der Waals surface area contributed by atoms with Crippen molar-refractivity contribution in [1.82, 2.24) is 5.32 Å². The second kappa shape index (κ2) is 8.89. The van der Waals surface area contributed by atoms with Crippen LogP contribution in [0.5, 0.6) is 0 Å². The SMILES string of the molecule is O=C(N[C@H](Cc1cccc([N+](=O)[O-])c1)C(=O)O)OCC1c2ccccc2-c2ccccc21. The fourth-order valence-corrected chi connectivity index (χ4v) is 4.02. The number of hydrogen-bond acceptors (Lipinski definition) is 5. The molecule has 8 nitrogen and oxygen atoms in total. The number of aliphatic carboxylic acids is 1. The van der Waals surface area contributed by atoms with E-state index in [2.05, 4.69) is 5.32 Å². The van der Waals surface area contributed by atoms with E-state index in [0.29, 0.717) is 5.56 Å². The fourth-order valence-electron chi connectivity index (χ4n) is 4.02. The van der Waals surface area contributed by atoms with Gasteiger partial charge in [-0.05, 0) is 27.8 Å². The zero-order valence-electron chi connectivity index (χ0n) is 16.9. The first-order chi connectivity index (χ1) is 15.4. The molecule has 0 heterocycles. The Morgan fingerprint density at radius 2 is 1.62 bits per heavy atom. The van der Waals surface area contributed by atoms with Gasteiger partial charge < -0.3 is 15.2 Å². The van der Waals surface area contributed by atoms with Gasteiger partial charge in [0.2, 0.25) is 0 Å². The molecule has 0 spiro atoms. The average Bonchev–Trinajstić information content (AvgIpc) is 3.11. The fraction of sp³-hybridized carbons (Fsp3) is 0.167. The van der Waals surface area contributed by atoms with Gasteiger partial charge >= 0.3 is 12.1 Å². The van der Waals surface area contributed by atoms with Crippen LogP contribution in [0.2, 0.25) is 0 Å². The van der Waals surface area contributed by atoms with Crippen LogP contribution in [0.1, 0.15) is 22.6 Å². The molecule has 1 aliphatic rings. The quantitative estimate of drug-likeness (QED) is 0.428. The molecule has 3 aromatic carbocycles. The Morgan fingerprint density at radius 1 is 1.00 bits per heavy atom. The largest absolute Gasteiger partial charge is 0.480 e. The second-order valence-corrected chi connectivity index (χ2v) is 7.49. The van der Waals surface area contributed by atoms with Gasteiger partial charge in [-0.2, -0.15) is 0 Å². The number of rotatable bonds is 7. The van der Waals surface area contributed by atoms with Crippen LogP contribution in [0.15, 0.2) is 72.8 Å². The molecule has 0 aliphatic heterocycles. The summed E-state index contributed by atoms with van der Waals surface area (Å²) in [6.07, 6.45) is -0.967. The summed E-state index contributed by atoms with van der Waals surface area (Å²) in [5, 5.41) is 22.8. The third-order valence-electron chi connectivity index (χ3n) is 5.50. The van der Waals surface area contributed by atoms with Gasteiger partial charge in [0.1, 0.15) is 12.6 Å². The van der Waals surface area contributed by atoms with Crippen molar-refractivity contribution in [2.75, 3.05) is 6.61 Å². The lowest BCUT2D eigenvalue weighted by molar-refractivity contribution is -0.384. The number of nitrogens with zero attached hydrogens (tertiary/aromatic N) is 1. The van der Waals surface area contributed by atoms with Crippen LogP contribution in [0.3, 0.4) is 0 Å². The number of ether oxygens (including phenoxy) is 1. The van der Waals surface area contributed by atoms with Crippen LogP contribution >= 0.6 is 0 Å². The highest BCUT2D eigenvalue weighted by Gasteiger charge is 2.29. The molecule has 0 saturated heterocycles. The van der Waals surface area contributed by atoms with E-state index in [4.69, 9.17) is 4.74 Å². The molecule has 3 aromatic rings. The summed E-state index contributed by atoms with van der Waals surface area (Å²) in [6, 6.07) is 20.2. The van der Waals surface area contributed by atoms with Crippen LogP contribution in [0.25, 0.3) is 11.1 Å². The molecule has 0 bridgehead atoms. The molecule has 162 valence electrons. The number of benzene rings is 3. The first-order valence-electron chi connectivity index (χ1n) is 10.0. The average molecular weight is 432 g/mol. The number of hydrogen-bond donors (Lipinski definition) is 2. The number of carbonyl (C=O) groups is 2. The summed E-state index contributed by atoms with van der Waals surface area (Å²) in [5.41, 5.74) is 4.55. The number of alkyl carbamates (subject to hydrolysis) is 1. The minimum absolute atomic E-state index is 0.0585. The number of carbonyl (C=O) groups excluding carboxylic acids is 1. The van der Waals surface area contributed by atoms with Crippen LogP contribution in [-0.2, 0) is 16.0 Å². The highest BCUT2D eigenvalue weighted by molar-refractivity contribution is 5.81. The van der Waals surface area contributed by atoms with Crippen molar-refractivity contribution in [1.29, 1.82) is 0 Å². The Kier molecular flexibility index (Phi) is 5.85. The molecule has 0 saturated carbocycles. The molecule has 8 heteroatoms. The summed E-state index contributed by atoms with van der Waals surface area (Å²) in [7, 11) is 0. The van der Waals surface area contributed by atoms with E-state index < -0.39 is 23.0 Å². The van der Waals surface area contributed by atoms with Crippen molar-refractivity contribution < 1.29 is 24.4 Å². The Balaban J connectivity index is 1.43. The van der Waals surface area contributed by atoms with E-state index in [1.54, 1.807) is 6.07 Å². The number of non-ortho nitro benzene ring substituents is 1. The van der Waals surface area contributed by atoms with Gasteiger partial charge in [0, 0.05) is 24.5 Å². The monoisotopic (exact) mass is 432 g/mol. The van der Waals surface area contributed by atoms with Crippen molar-refractivity contribution in [3.8, 4) is 11.1 Å². The number of amides is 1. The van der Waals surface area contributed by atoms with E-state index in [1.807, 2.05) is 48.5 Å². The van der Waals surface area contributed by atoms with E-state index in [-0.39, 0.29) is 24.6 Å². The maximum Gasteiger partial charge on any atom is 0.407 e. The standard InChI is InChI=1S/C24H20N2O6/c27-23(28)22(13-15-6-5-7-16(12-15)26(30)31)25-24(29)32-14-21-19-10-3-1-8-17(19)18-9-2-4-11-20(18)21/h1-12,21-22H,13-14H2,(H,25,29)(H,27,28)/t22-/m1/s1. The third kappa shape index (κ3) is 4.29. The predicted octanol–water partition coefficient (Wildman–Crippen LogP) is 4.13. The van der Waals surface area contributed by atoms with Crippen LogP contribution < -0.4 is 5.32 Å². The summed E-state index contributed by atoms with van der Waals surface area (Å²) in [6.45, 7) is 0.0585. The minimum atomic E-state index is -1.28. The maximum absolute atomic E-state index is 12.4. The number of carboxylic acid groups (broad SMARTS) is 1. The lowest BCUT2D eigenvalue weighted by atomic mass is 9.98. The Morgan fingerprint density at radius 3 is 2.22 bits per heavy atom. The molecule has 2 N–H and O–H groups in total. The second-order valence-electron chi connectivity index (χ2n) is 7.49. The van der Waals surface area contributed by atoms with Crippen molar-refractivity contribution >= 4 is 17.7 Å². The smallest absolute Gasteiger partial charge is 0.407 e. The summed E-state index contributed by atoms with van der Waals surface area (Å²) in [5.74, 6) is -1.40. The zero-order valence-corrected chi connectivity index (χ0v) is 16.9. The van der Waals surface area contributed by atoms with Crippen molar-refractivity contribution in [2.45, 2.75) is 18.4 Å². The predicted molar refractivity (Wildman–Crippen MR) is 116 cm³/mol. The maximum atomic E-state index is 12.4. The van der Waals surface area contributed by atoms with Gasteiger partial charge in [-0.3, -0.25) is 10.1 Å². The van der Waals surface area contributed by atoms with Crippen LogP contribution in [0.4, 0.5) is 10.5 Å². The molecule has 1 atom stereocenters. The van der Waals surface area contributed by atoms with E-state index in [0.717, 1.165) is 22.3 Å². The molecular formula is C24H20N2O6. The molecule has 0 aromatic heterocycles. The van der Waals surface area contributed by atoms with Gasteiger partial charge in [0.15, 0.2) is 0 Å². The molecule has 32 heavy (non-hydrogen) atoms. The molecular weight excluding hydrogens is 412 g/mol. The number of nitrogens with one attached hydrogen (secondary N) is 1. The lowest BCUT2D eigenvalue weighted by Crippen LogP contribution is -2.42. The number of nitro benzene ring substituents is 1. The van der Waals surface area contributed by atoms with Crippen molar-refractivity contribution in [3.05, 3.63) is 99.6 Å². The molecule has 1 amide bonds. The topological polar surface area (TPSA) is 119 Å². The van der Waals surface area contributed by atoms with Crippen LogP contribution in [-0.4, -0.2) is 34.7 Å². The van der Waals surface area contributed by atoms with Crippen LogP contribution in [0, 0.1) is 10.1 Å². The number of nitro groups is 1. The highest BCUT2D eigenvalue weighted by atomic mass is 16.6. The Labute approximate surface area is 183 Å². The Hall–Kier alpha value is -4.20. The molecule has 1 aliphatic carbocycles. The van der Waals surface area contributed by atoms with Gasteiger partial charge in [-0.25, -0.2) is 9.59 Å². The molecule has 0 unspecified atom stereocenters. The first kappa shape index (κ1) is 21.0. The van der Waals surface area contributed by atoms with E-state index >= 15 is 0 Å². The summed E-state index contributed by atoms with van der Waals surface area (Å²) in [4.78, 5) is 34.4. The Bertz CT molecular complexity index is 1150. The van der Waals surface area contributed by atoms with Gasteiger partial charge in [0.05, 0.1) is 4.92 Å². The third-order valence-corrected chi connectivity index (χ3v) is 5.50. The van der Waals surface area contributed by atoms with Gasteiger partial charge in [0.25, 0.3) is 5.69 Å². The highest BCUT2D eigenvalue weighted by Crippen LogP contribution is 2.44.